The Labute approximate surface area is 101 Å². The predicted octanol–water partition coefficient (Wildman–Crippen LogP) is 1.10. The molecule has 1 fully saturated rings. The Hall–Kier alpha value is -1.66. The van der Waals surface area contributed by atoms with Gasteiger partial charge in [-0.25, -0.2) is 4.98 Å². The summed E-state index contributed by atoms with van der Waals surface area (Å²) in [6.45, 7) is 0.296. The Kier molecular flexibility index (Phi) is 2.27. The van der Waals surface area contributed by atoms with E-state index in [9.17, 15) is 15.0 Å². The van der Waals surface area contributed by atoms with Crippen molar-refractivity contribution in [3.8, 4) is 5.75 Å². The van der Waals surface area contributed by atoms with Crippen molar-refractivity contribution in [1.29, 1.82) is 0 Å². The molecule has 0 spiro atoms. The molecule has 2 N–H and O–H groups in total. The van der Waals surface area contributed by atoms with Crippen LogP contribution in [0.15, 0.2) is 18.2 Å². The molecule has 6 heteroatoms. The molecule has 1 amide bonds. The van der Waals surface area contributed by atoms with Gasteiger partial charge in [0.05, 0.1) is 29.3 Å². The number of aromatic nitrogens is 1. The fraction of sp³-hybridized carbons (Fsp3) is 0.273. The van der Waals surface area contributed by atoms with Crippen molar-refractivity contribution >= 4 is 32.6 Å². The zero-order valence-electron chi connectivity index (χ0n) is 8.83. The van der Waals surface area contributed by atoms with E-state index in [0.717, 1.165) is 10.2 Å². The lowest BCUT2D eigenvalue weighted by Crippen LogP contribution is -2.24. The van der Waals surface area contributed by atoms with Gasteiger partial charge in [0.15, 0.2) is 5.13 Å². The van der Waals surface area contributed by atoms with E-state index in [1.807, 2.05) is 0 Å². The number of carbonyl (C=O) groups excluding carboxylic acids is 1. The molecule has 0 radical (unpaired) electrons. The molecule has 1 aromatic heterocycles. The summed E-state index contributed by atoms with van der Waals surface area (Å²) in [4.78, 5) is 17.4. The van der Waals surface area contributed by atoms with E-state index in [-0.39, 0.29) is 18.1 Å². The number of aromatic hydroxyl groups is 1. The molecule has 1 unspecified atom stereocenters. The molecule has 0 bridgehead atoms. The number of fused-ring (bicyclic) bond motifs is 1. The number of β-amino-alcohol motifs (C(OH)–C–C–N with tert-alkyl or cyclic N) is 1. The van der Waals surface area contributed by atoms with Gasteiger partial charge in [-0.1, -0.05) is 11.3 Å². The van der Waals surface area contributed by atoms with E-state index in [1.165, 1.54) is 16.2 Å². The number of rotatable bonds is 1. The number of carbonyl (C=O) groups is 1. The molecule has 1 aliphatic rings. The van der Waals surface area contributed by atoms with Crippen LogP contribution in [-0.4, -0.2) is 33.8 Å². The van der Waals surface area contributed by atoms with Crippen molar-refractivity contribution in [1.82, 2.24) is 4.98 Å². The second kappa shape index (κ2) is 3.68. The summed E-state index contributed by atoms with van der Waals surface area (Å²) in [7, 11) is 0. The van der Waals surface area contributed by atoms with Gasteiger partial charge in [0, 0.05) is 0 Å². The van der Waals surface area contributed by atoms with Crippen molar-refractivity contribution in [2.45, 2.75) is 12.5 Å². The molecule has 5 nitrogen and oxygen atoms in total. The Bertz CT molecular complexity index is 595. The maximum absolute atomic E-state index is 11.6. The highest BCUT2D eigenvalue weighted by Gasteiger charge is 2.31. The van der Waals surface area contributed by atoms with Gasteiger partial charge >= 0.3 is 0 Å². The molecule has 1 aromatic carbocycles. The molecule has 1 atom stereocenters. The third-order valence-electron chi connectivity index (χ3n) is 2.70. The first-order valence-corrected chi connectivity index (χ1v) is 6.03. The Balaban J connectivity index is 2.03. The van der Waals surface area contributed by atoms with Gasteiger partial charge in [0.2, 0.25) is 5.91 Å². The van der Waals surface area contributed by atoms with Crippen molar-refractivity contribution in [3.63, 3.8) is 0 Å². The molecule has 88 valence electrons. The van der Waals surface area contributed by atoms with Crippen LogP contribution in [0.1, 0.15) is 6.42 Å². The lowest BCUT2D eigenvalue weighted by atomic mass is 10.3. The summed E-state index contributed by atoms with van der Waals surface area (Å²) < 4.78 is 0.828. The summed E-state index contributed by atoms with van der Waals surface area (Å²) in [6.07, 6.45) is -0.454. The number of hydrogen-bond acceptors (Lipinski definition) is 5. The zero-order valence-corrected chi connectivity index (χ0v) is 9.65. The van der Waals surface area contributed by atoms with E-state index < -0.39 is 6.10 Å². The number of hydrogen-bond donors (Lipinski definition) is 2. The molecular formula is C11H10N2O3S. The van der Waals surface area contributed by atoms with Gasteiger partial charge in [-0.05, 0) is 18.2 Å². The van der Waals surface area contributed by atoms with Gasteiger partial charge in [-0.2, -0.15) is 0 Å². The van der Waals surface area contributed by atoms with Crippen LogP contribution in [0.3, 0.4) is 0 Å². The highest BCUT2D eigenvalue weighted by Crippen LogP contribution is 2.32. The van der Waals surface area contributed by atoms with Gasteiger partial charge in [0.25, 0.3) is 0 Å². The number of benzene rings is 1. The van der Waals surface area contributed by atoms with Crippen LogP contribution >= 0.6 is 11.3 Å². The van der Waals surface area contributed by atoms with Crippen LogP contribution in [-0.2, 0) is 4.79 Å². The molecule has 2 heterocycles. The number of nitrogens with zero attached hydrogens (tertiary/aromatic N) is 2. The molecule has 3 rings (SSSR count). The fourth-order valence-electron chi connectivity index (χ4n) is 1.89. The predicted molar refractivity (Wildman–Crippen MR) is 64.3 cm³/mol. The van der Waals surface area contributed by atoms with E-state index in [4.69, 9.17) is 0 Å². The van der Waals surface area contributed by atoms with Gasteiger partial charge in [-0.15, -0.1) is 0 Å². The number of thiazole rings is 1. The van der Waals surface area contributed by atoms with Crippen molar-refractivity contribution in [2.24, 2.45) is 0 Å². The summed E-state index contributed by atoms with van der Waals surface area (Å²) in [5.74, 6) is 0.0706. The van der Waals surface area contributed by atoms with Crippen LogP contribution in [0.25, 0.3) is 10.2 Å². The number of phenols is 1. The van der Waals surface area contributed by atoms with Crippen LogP contribution in [0.5, 0.6) is 5.75 Å². The number of phenolic OH excluding ortho intramolecular Hbond substituents is 1. The average Bonchev–Trinajstić information content (AvgIpc) is 2.80. The molecule has 0 saturated carbocycles. The summed E-state index contributed by atoms with van der Waals surface area (Å²) in [6, 6.07) is 4.89. The Morgan fingerprint density at radius 1 is 1.47 bits per heavy atom. The SMILES string of the molecule is O=C1CC(O)CN1c1nc2ccc(O)cc2s1. The topological polar surface area (TPSA) is 73.7 Å². The monoisotopic (exact) mass is 250 g/mol. The molecular weight excluding hydrogens is 240 g/mol. The first-order valence-electron chi connectivity index (χ1n) is 5.21. The lowest BCUT2D eigenvalue weighted by molar-refractivity contribution is -0.117. The number of aliphatic hydroxyl groups is 1. The first-order chi connectivity index (χ1) is 8.13. The molecule has 0 aliphatic carbocycles. The normalized spacial score (nSPS) is 20.4. The van der Waals surface area contributed by atoms with Crippen molar-refractivity contribution in [2.75, 3.05) is 11.4 Å². The summed E-state index contributed by atoms with van der Waals surface area (Å²) >= 11 is 1.34. The van der Waals surface area contributed by atoms with Crippen LogP contribution in [0, 0.1) is 0 Å². The fourth-order valence-corrected chi connectivity index (χ4v) is 2.92. The lowest BCUT2D eigenvalue weighted by Gasteiger charge is -2.10. The maximum Gasteiger partial charge on any atom is 0.231 e. The van der Waals surface area contributed by atoms with Gasteiger partial charge in [0.1, 0.15) is 5.75 Å². The highest BCUT2D eigenvalue weighted by molar-refractivity contribution is 7.22. The molecule has 2 aromatic rings. The quantitative estimate of drug-likeness (QED) is 0.795. The number of aliphatic hydroxyl groups excluding tert-OH is 1. The maximum atomic E-state index is 11.6. The molecule has 17 heavy (non-hydrogen) atoms. The van der Waals surface area contributed by atoms with Gasteiger partial charge in [-0.3, -0.25) is 9.69 Å². The minimum atomic E-state index is -0.608. The average molecular weight is 250 g/mol. The Morgan fingerprint density at radius 3 is 3.00 bits per heavy atom. The standard InChI is InChI=1S/C11H10N2O3S/c14-6-1-2-8-9(3-6)17-11(12-8)13-5-7(15)4-10(13)16/h1-3,7,14-15H,4-5H2. The van der Waals surface area contributed by atoms with E-state index in [1.54, 1.807) is 18.2 Å². The van der Waals surface area contributed by atoms with E-state index in [0.29, 0.717) is 11.7 Å². The third kappa shape index (κ3) is 1.75. The second-order valence-electron chi connectivity index (χ2n) is 4.01. The van der Waals surface area contributed by atoms with Crippen LogP contribution in [0.2, 0.25) is 0 Å². The highest BCUT2D eigenvalue weighted by atomic mass is 32.1. The van der Waals surface area contributed by atoms with Crippen LogP contribution in [0.4, 0.5) is 5.13 Å². The van der Waals surface area contributed by atoms with Gasteiger partial charge < -0.3 is 10.2 Å². The Morgan fingerprint density at radius 2 is 2.29 bits per heavy atom. The largest absolute Gasteiger partial charge is 0.508 e. The number of amides is 1. The molecule has 1 saturated heterocycles. The van der Waals surface area contributed by atoms with E-state index >= 15 is 0 Å². The van der Waals surface area contributed by atoms with Crippen LogP contribution < -0.4 is 4.90 Å². The first kappa shape index (κ1) is 10.5. The summed E-state index contributed by atoms with van der Waals surface area (Å²) in [5, 5.41) is 19.4. The summed E-state index contributed by atoms with van der Waals surface area (Å²) in [5.41, 5.74) is 0.747. The van der Waals surface area contributed by atoms with E-state index in [2.05, 4.69) is 4.98 Å². The van der Waals surface area contributed by atoms with Crippen molar-refractivity contribution < 1.29 is 15.0 Å². The molecule has 1 aliphatic heterocycles. The van der Waals surface area contributed by atoms with Crippen molar-refractivity contribution in [3.05, 3.63) is 18.2 Å². The zero-order chi connectivity index (χ0) is 12.0. The minimum Gasteiger partial charge on any atom is -0.508 e. The minimum absolute atomic E-state index is 0.110. The second-order valence-corrected chi connectivity index (χ2v) is 5.02. The number of anilines is 1. The third-order valence-corrected chi connectivity index (χ3v) is 3.74. The smallest absolute Gasteiger partial charge is 0.231 e.